The molecule has 0 atom stereocenters. The second-order valence-corrected chi connectivity index (χ2v) is 4.53. The Labute approximate surface area is 112 Å². The minimum Gasteiger partial charge on any atom is -0.368 e. The van der Waals surface area contributed by atoms with E-state index in [9.17, 15) is 0 Å². The first-order chi connectivity index (χ1) is 8.65. The van der Waals surface area contributed by atoms with Crippen molar-refractivity contribution in [1.82, 2.24) is 20.2 Å². The first-order valence-electron chi connectivity index (χ1n) is 5.07. The Bertz CT molecular complexity index is 737. The van der Waals surface area contributed by atoms with Gasteiger partial charge in [-0.15, -0.1) is 0 Å². The lowest BCUT2D eigenvalue weighted by molar-refractivity contribution is 1.09. The van der Waals surface area contributed by atoms with Crippen LogP contribution in [0.25, 0.3) is 22.3 Å². The molecular formula is C11H7Cl2N5. The van der Waals surface area contributed by atoms with Crippen molar-refractivity contribution in [3.05, 3.63) is 34.4 Å². The Morgan fingerprint density at radius 1 is 1.17 bits per heavy atom. The Morgan fingerprint density at radius 3 is 2.83 bits per heavy atom. The van der Waals surface area contributed by atoms with E-state index in [0.29, 0.717) is 26.9 Å². The summed E-state index contributed by atoms with van der Waals surface area (Å²) in [5.74, 6) is 0.151. The quantitative estimate of drug-likeness (QED) is 0.718. The molecule has 0 radical (unpaired) electrons. The van der Waals surface area contributed by atoms with Crippen molar-refractivity contribution in [2.75, 3.05) is 5.73 Å². The second-order valence-electron chi connectivity index (χ2n) is 3.69. The van der Waals surface area contributed by atoms with Gasteiger partial charge in [0.15, 0.2) is 5.65 Å². The Hall–Kier alpha value is -1.85. The molecule has 90 valence electrons. The summed E-state index contributed by atoms with van der Waals surface area (Å²) in [5.41, 5.74) is 7.54. The van der Waals surface area contributed by atoms with Gasteiger partial charge in [-0.1, -0.05) is 23.2 Å². The maximum absolute atomic E-state index is 6.16. The zero-order valence-electron chi connectivity index (χ0n) is 8.98. The molecule has 1 aromatic carbocycles. The fourth-order valence-corrected chi connectivity index (χ4v) is 2.12. The fraction of sp³-hybridized carbons (Fsp3) is 0. The lowest BCUT2D eigenvalue weighted by atomic mass is 10.1. The van der Waals surface area contributed by atoms with Gasteiger partial charge >= 0.3 is 0 Å². The molecule has 5 nitrogen and oxygen atoms in total. The molecule has 0 aliphatic heterocycles. The summed E-state index contributed by atoms with van der Waals surface area (Å²) in [7, 11) is 0. The predicted octanol–water partition coefficient (Wildman–Crippen LogP) is 2.91. The number of anilines is 1. The van der Waals surface area contributed by atoms with Crippen LogP contribution in [0.2, 0.25) is 10.0 Å². The molecule has 2 aromatic heterocycles. The van der Waals surface area contributed by atoms with Gasteiger partial charge in [-0.05, 0) is 18.2 Å². The number of aromatic nitrogens is 4. The molecular weight excluding hydrogens is 273 g/mol. The molecule has 2 heterocycles. The van der Waals surface area contributed by atoms with Gasteiger partial charge in [-0.25, -0.2) is 4.98 Å². The molecule has 0 saturated heterocycles. The summed E-state index contributed by atoms with van der Waals surface area (Å²) < 4.78 is 0. The van der Waals surface area contributed by atoms with E-state index >= 15 is 0 Å². The highest BCUT2D eigenvalue weighted by Crippen LogP contribution is 2.33. The summed E-state index contributed by atoms with van der Waals surface area (Å²) in [6, 6.07) is 5.16. The Morgan fingerprint density at radius 2 is 2.00 bits per heavy atom. The number of nitrogens with two attached hydrogens (primary N) is 1. The molecule has 0 saturated carbocycles. The standard InChI is InChI=1S/C11H7Cl2N5/c12-5-1-2-8(13)6(3-5)9-7-4-15-18-10(7)17-11(14)16-9/h1-4H,(H3,14,15,16,17,18). The van der Waals surface area contributed by atoms with Crippen molar-refractivity contribution in [1.29, 1.82) is 0 Å². The Kier molecular flexibility index (Phi) is 2.57. The third-order valence-corrected chi connectivity index (χ3v) is 3.08. The van der Waals surface area contributed by atoms with Gasteiger partial charge in [0.1, 0.15) is 0 Å². The number of halogens is 2. The summed E-state index contributed by atoms with van der Waals surface area (Å²) in [4.78, 5) is 8.26. The van der Waals surface area contributed by atoms with Crippen LogP contribution in [0.3, 0.4) is 0 Å². The summed E-state index contributed by atoms with van der Waals surface area (Å²) >= 11 is 12.1. The number of benzene rings is 1. The van der Waals surface area contributed by atoms with Crippen molar-refractivity contribution in [3.8, 4) is 11.3 Å². The average Bonchev–Trinajstić information content (AvgIpc) is 2.79. The highest BCUT2D eigenvalue weighted by molar-refractivity contribution is 6.35. The number of hydrogen-bond acceptors (Lipinski definition) is 4. The molecule has 3 aromatic rings. The van der Waals surface area contributed by atoms with E-state index < -0.39 is 0 Å². The molecule has 0 spiro atoms. The van der Waals surface area contributed by atoms with E-state index in [1.165, 1.54) is 0 Å². The molecule has 0 fully saturated rings. The second kappa shape index (κ2) is 4.12. The average molecular weight is 280 g/mol. The first-order valence-corrected chi connectivity index (χ1v) is 5.83. The van der Waals surface area contributed by atoms with Gasteiger partial charge in [-0.2, -0.15) is 10.1 Å². The predicted molar refractivity (Wildman–Crippen MR) is 71.6 cm³/mol. The van der Waals surface area contributed by atoms with Gasteiger partial charge in [-0.3, -0.25) is 5.10 Å². The van der Waals surface area contributed by atoms with Crippen LogP contribution in [0.4, 0.5) is 5.95 Å². The molecule has 7 heteroatoms. The normalized spacial score (nSPS) is 11.0. The number of nitrogens with one attached hydrogen (secondary N) is 1. The number of aromatic amines is 1. The van der Waals surface area contributed by atoms with Crippen molar-refractivity contribution < 1.29 is 0 Å². The van der Waals surface area contributed by atoms with Gasteiger partial charge in [0.05, 0.1) is 22.3 Å². The lowest BCUT2D eigenvalue weighted by Gasteiger charge is -2.06. The number of nitrogen functional groups attached to an aromatic ring is 1. The van der Waals surface area contributed by atoms with Crippen LogP contribution >= 0.6 is 23.2 Å². The zero-order chi connectivity index (χ0) is 12.7. The largest absolute Gasteiger partial charge is 0.368 e. The fourth-order valence-electron chi connectivity index (χ4n) is 1.74. The number of rotatable bonds is 1. The van der Waals surface area contributed by atoms with Gasteiger partial charge < -0.3 is 5.73 Å². The monoisotopic (exact) mass is 279 g/mol. The van der Waals surface area contributed by atoms with Crippen molar-refractivity contribution in [3.63, 3.8) is 0 Å². The van der Waals surface area contributed by atoms with Gasteiger partial charge in [0.2, 0.25) is 5.95 Å². The summed E-state index contributed by atoms with van der Waals surface area (Å²) in [6.45, 7) is 0. The highest BCUT2D eigenvalue weighted by atomic mass is 35.5. The zero-order valence-corrected chi connectivity index (χ0v) is 10.5. The van der Waals surface area contributed by atoms with Gasteiger partial charge in [0, 0.05) is 10.6 Å². The molecule has 0 aliphatic rings. The van der Waals surface area contributed by atoms with Crippen LogP contribution in [-0.2, 0) is 0 Å². The third-order valence-electron chi connectivity index (χ3n) is 2.51. The molecule has 3 N–H and O–H groups in total. The SMILES string of the molecule is Nc1nc(-c2cc(Cl)ccc2Cl)c2cn[nH]c2n1. The smallest absolute Gasteiger partial charge is 0.222 e. The van der Waals surface area contributed by atoms with Crippen LogP contribution in [0.15, 0.2) is 24.4 Å². The topological polar surface area (TPSA) is 80.5 Å². The Balaban J connectivity index is 2.37. The van der Waals surface area contributed by atoms with E-state index in [4.69, 9.17) is 28.9 Å². The minimum absolute atomic E-state index is 0.151. The van der Waals surface area contributed by atoms with Crippen LogP contribution in [0.1, 0.15) is 0 Å². The van der Waals surface area contributed by atoms with E-state index in [1.54, 1.807) is 24.4 Å². The van der Waals surface area contributed by atoms with E-state index in [2.05, 4.69) is 20.2 Å². The number of hydrogen-bond donors (Lipinski definition) is 2. The van der Waals surface area contributed by atoms with E-state index in [-0.39, 0.29) is 5.95 Å². The van der Waals surface area contributed by atoms with Crippen molar-refractivity contribution >= 4 is 40.2 Å². The molecule has 0 unspecified atom stereocenters. The van der Waals surface area contributed by atoms with Gasteiger partial charge in [0.25, 0.3) is 0 Å². The van der Waals surface area contributed by atoms with E-state index in [1.807, 2.05) is 0 Å². The minimum atomic E-state index is 0.151. The molecule has 3 rings (SSSR count). The molecule has 18 heavy (non-hydrogen) atoms. The van der Waals surface area contributed by atoms with Crippen LogP contribution in [0, 0.1) is 0 Å². The lowest BCUT2D eigenvalue weighted by Crippen LogP contribution is -1.97. The molecule has 0 aliphatic carbocycles. The van der Waals surface area contributed by atoms with Crippen LogP contribution < -0.4 is 5.73 Å². The van der Waals surface area contributed by atoms with E-state index in [0.717, 1.165) is 5.39 Å². The molecule has 0 amide bonds. The number of nitrogens with zero attached hydrogens (tertiary/aromatic N) is 3. The number of H-pyrrole nitrogens is 1. The maximum Gasteiger partial charge on any atom is 0.222 e. The third kappa shape index (κ3) is 1.77. The van der Waals surface area contributed by atoms with Crippen molar-refractivity contribution in [2.45, 2.75) is 0 Å². The first kappa shape index (κ1) is 11.3. The van der Waals surface area contributed by atoms with Crippen LogP contribution in [0.5, 0.6) is 0 Å². The van der Waals surface area contributed by atoms with Crippen LogP contribution in [-0.4, -0.2) is 20.2 Å². The summed E-state index contributed by atoms with van der Waals surface area (Å²) in [6.07, 6.45) is 1.63. The summed E-state index contributed by atoms with van der Waals surface area (Å²) in [5, 5.41) is 8.53. The molecule has 0 bridgehead atoms. The van der Waals surface area contributed by atoms with Crippen molar-refractivity contribution in [2.24, 2.45) is 0 Å². The highest BCUT2D eigenvalue weighted by Gasteiger charge is 2.13. The maximum atomic E-state index is 6.16. The number of fused-ring (bicyclic) bond motifs is 1.